The zero-order chi connectivity index (χ0) is 25.0. The second kappa shape index (κ2) is 8.49. The zero-order valence-electron chi connectivity index (χ0n) is 19.6. The van der Waals surface area contributed by atoms with Crippen molar-refractivity contribution in [3.05, 3.63) is 105 Å². The molecule has 2 aromatic heterocycles. The molecule has 0 aliphatic carbocycles. The summed E-state index contributed by atoms with van der Waals surface area (Å²) >= 11 is 1.53. The number of methoxy groups -OCH3 is 1. The largest absolute Gasteiger partial charge is 0.507 e. The number of ether oxygens (including phenoxy) is 1. The number of furan rings is 1. The van der Waals surface area contributed by atoms with Gasteiger partial charge < -0.3 is 23.7 Å². The van der Waals surface area contributed by atoms with E-state index >= 15 is 0 Å². The molecule has 0 atom stereocenters. The number of nitrogens with zero attached hydrogens (tertiary/aromatic N) is 2. The molecule has 0 saturated carbocycles. The Bertz CT molecular complexity index is 1650. The van der Waals surface area contributed by atoms with Gasteiger partial charge in [0.1, 0.15) is 11.5 Å². The summed E-state index contributed by atoms with van der Waals surface area (Å²) in [6.07, 6.45) is 1.44. The van der Waals surface area contributed by atoms with E-state index in [1.165, 1.54) is 18.0 Å². The number of carbonyl (C=O) groups is 1. The number of Topliss-reactive ketones (excluding diaryl/α,β-unsaturated/α-hetero) is 1. The summed E-state index contributed by atoms with van der Waals surface area (Å²) in [5, 5.41) is 13.3. The van der Waals surface area contributed by atoms with Crippen molar-refractivity contribution in [3.8, 4) is 5.75 Å². The first-order valence-corrected chi connectivity index (χ1v) is 12.4. The fraction of sp³-hybridized carbons (Fsp3) is 0.143. The number of benzene rings is 2. The number of para-hydroxylation sites is 1. The maximum atomic E-state index is 13.9. The van der Waals surface area contributed by atoms with Crippen LogP contribution in [-0.2, 0) is 7.05 Å². The smallest absolute Gasteiger partial charge is 0.260 e. The van der Waals surface area contributed by atoms with E-state index in [4.69, 9.17) is 9.15 Å². The number of aromatic nitrogens is 1. The molecule has 2 aliphatic heterocycles. The number of fused-ring (bicyclic) bond motifs is 5. The van der Waals surface area contributed by atoms with Crippen LogP contribution in [0.2, 0.25) is 0 Å². The predicted molar refractivity (Wildman–Crippen MR) is 141 cm³/mol. The molecule has 0 amide bonds. The van der Waals surface area contributed by atoms with Crippen LogP contribution < -0.4 is 15.2 Å². The van der Waals surface area contributed by atoms with Crippen LogP contribution in [-0.4, -0.2) is 34.9 Å². The van der Waals surface area contributed by atoms with Crippen LogP contribution in [0.1, 0.15) is 21.7 Å². The molecule has 1 N–H and O–H groups in total. The minimum atomic E-state index is -0.384. The first-order valence-electron chi connectivity index (χ1n) is 11.4. The number of thioether (sulfide) groups is 1. The van der Waals surface area contributed by atoms with Gasteiger partial charge in [-0.25, -0.2) is 0 Å². The molecule has 0 radical (unpaired) electrons. The topological polar surface area (TPSA) is 84.9 Å². The Morgan fingerprint density at radius 3 is 2.58 bits per heavy atom. The minimum absolute atomic E-state index is 0.144. The van der Waals surface area contributed by atoms with E-state index < -0.39 is 0 Å². The molecular formula is C28H22N2O5S. The quantitative estimate of drug-likeness (QED) is 0.305. The van der Waals surface area contributed by atoms with Crippen LogP contribution in [0, 0.1) is 0 Å². The number of anilines is 1. The molecule has 1 fully saturated rings. The Kier molecular flexibility index (Phi) is 5.26. The van der Waals surface area contributed by atoms with E-state index in [1.807, 2.05) is 29.2 Å². The van der Waals surface area contributed by atoms with Crippen LogP contribution in [0.3, 0.4) is 0 Å². The summed E-state index contributed by atoms with van der Waals surface area (Å²) < 4.78 is 12.3. The van der Waals surface area contributed by atoms with Crippen molar-refractivity contribution in [1.29, 1.82) is 0 Å². The van der Waals surface area contributed by atoms with E-state index in [1.54, 1.807) is 55.1 Å². The van der Waals surface area contributed by atoms with Gasteiger partial charge in [-0.2, -0.15) is 0 Å². The van der Waals surface area contributed by atoms with Gasteiger partial charge in [0.25, 0.3) is 5.56 Å². The summed E-state index contributed by atoms with van der Waals surface area (Å²) in [6.45, 7) is 0.635. The van der Waals surface area contributed by atoms with E-state index in [-0.39, 0.29) is 34.0 Å². The van der Waals surface area contributed by atoms with Crippen molar-refractivity contribution < 1.29 is 19.1 Å². The van der Waals surface area contributed by atoms with Gasteiger partial charge in [-0.1, -0.05) is 18.2 Å². The SMILES string of the molecule is COc1ccc(C(O)=C2C(C(=O)c3ccco3)=C3SCCN3c3c2c(=O)n(C)c2ccccc32)cc1. The molecule has 180 valence electrons. The Morgan fingerprint density at radius 2 is 1.86 bits per heavy atom. The Hall–Kier alpha value is -4.17. The van der Waals surface area contributed by atoms with E-state index in [0.717, 1.165) is 16.7 Å². The number of carbonyl (C=O) groups excluding carboxylic acids is 1. The molecule has 0 spiro atoms. The summed E-state index contributed by atoms with van der Waals surface area (Å²) in [6, 6.07) is 17.8. The van der Waals surface area contributed by atoms with Crippen LogP contribution in [0.25, 0.3) is 22.2 Å². The molecular weight excluding hydrogens is 476 g/mol. The first-order chi connectivity index (χ1) is 17.5. The molecule has 0 bridgehead atoms. The highest BCUT2D eigenvalue weighted by atomic mass is 32.2. The van der Waals surface area contributed by atoms with Crippen molar-refractivity contribution in [1.82, 2.24) is 4.57 Å². The number of hydrogen-bond donors (Lipinski definition) is 1. The maximum Gasteiger partial charge on any atom is 0.260 e. The van der Waals surface area contributed by atoms with Crippen LogP contribution >= 0.6 is 11.8 Å². The van der Waals surface area contributed by atoms with Crippen molar-refractivity contribution in [2.45, 2.75) is 0 Å². The van der Waals surface area contributed by atoms with Gasteiger partial charge >= 0.3 is 0 Å². The van der Waals surface area contributed by atoms with Gasteiger partial charge in [-0.3, -0.25) is 9.59 Å². The van der Waals surface area contributed by atoms with E-state index in [9.17, 15) is 14.7 Å². The number of aliphatic hydroxyl groups is 1. The molecule has 36 heavy (non-hydrogen) atoms. The Morgan fingerprint density at radius 1 is 1.08 bits per heavy atom. The summed E-state index contributed by atoms with van der Waals surface area (Å²) in [5.74, 6) is 0.978. The molecule has 2 aliphatic rings. The van der Waals surface area contributed by atoms with E-state index in [2.05, 4.69) is 0 Å². The third-order valence-corrected chi connectivity index (χ3v) is 7.72. The molecule has 4 heterocycles. The average Bonchev–Trinajstić information content (AvgIpc) is 3.63. The first kappa shape index (κ1) is 22.3. The normalized spacial score (nSPS) is 16.2. The molecule has 0 unspecified atom stereocenters. The highest BCUT2D eigenvalue weighted by molar-refractivity contribution is 8.03. The standard InChI is InChI=1S/C28H22N2O5S/c1-29-19-7-4-3-6-18(19)24-22(27(29)33)21(25(31)16-9-11-17(34-2)12-10-16)23(28-30(24)13-15-36-28)26(32)20-8-5-14-35-20/h3-12,14,31H,13,15H2,1-2H3. The number of pyridine rings is 1. The van der Waals surface area contributed by atoms with Crippen molar-refractivity contribution in [3.63, 3.8) is 0 Å². The van der Waals surface area contributed by atoms with Gasteiger partial charge in [-0.05, 0) is 42.5 Å². The lowest BCUT2D eigenvalue weighted by Crippen LogP contribution is -2.33. The van der Waals surface area contributed by atoms with E-state index in [0.29, 0.717) is 34.1 Å². The molecule has 6 rings (SSSR count). The fourth-order valence-corrected chi connectivity index (χ4v) is 6.07. The van der Waals surface area contributed by atoms with Gasteiger partial charge in [-0.15, -0.1) is 11.8 Å². The van der Waals surface area contributed by atoms with Crippen molar-refractivity contribution in [2.24, 2.45) is 7.05 Å². The number of rotatable bonds is 4. The molecule has 4 aromatic rings. The monoisotopic (exact) mass is 498 g/mol. The molecule has 8 heteroatoms. The highest BCUT2D eigenvalue weighted by Gasteiger charge is 2.41. The summed E-state index contributed by atoms with van der Waals surface area (Å²) in [4.78, 5) is 29.8. The number of ketones is 1. The average molecular weight is 499 g/mol. The molecule has 7 nitrogen and oxygen atoms in total. The second-order valence-corrected chi connectivity index (χ2v) is 9.63. The second-order valence-electron chi connectivity index (χ2n) is 8.54. The lowest BCUT2D eigenvalue weighted by Gasteiger charge is -2.32. The third kappa shape index (κ3) is 3.21. The molecule has 2 aromatic carbocycles. The number of aryl methyl sites for hydroxylation is 1. The summed E-state index contributed by atoms with van der Waals surface area (Å²) in [7, 11) is 3.27. The highest BCUT2D eigenvalue weighted by Crippen LogP contribution is 2.51. The van der Waals surface area contributed by atoms with Crippen LogP contribution in [0.4, 0.5) is 5.69 Å². The fourth-order valence-electron chi connectivity index (χ4n) is 4.92. The molecule has 1 saturated heterocycles. The van der Waals surface area contributed by atoms with Crippen LogP contribution in [0.5, 0.6) is 5.75 Å². The predicted octanol–water partition coefficient (Wildman–Crippen LogP) is 5.23. The number of hydrogen-bond acceptors (Lipinski definition) is 7. The van der Waals surface area contributed by atoms with Gasteiger partial charge in [0.2, 0.25) is 5.78 Å². The summed E-state index contributed by atoms with van der Waals surface area (Å²) in [5.41, 5.74) is 2.43. The minimum Gasteiger partial charge on any atom is -0.507 e. The maximum absolute atomic E-state index is 13.9. The van der Waals surface area contributed by atoms with Crippen molar-refractivity contribution >= 4 is 45.5 Å². The van der Waals surface area contributed by atoms with Crippen LogP contribution in [0.15, 0.2) is 86.7 Å². The van der Waals surface area contributed by atoms with Crippen molar-refractivity contribution in [2.75, 3.05) is 24.3 Å². The lowest BCUT2D eigenvalue weighted by atomic mass is 9.87. The lowest BCUT2D eigenvalue weighted by molar-refractivity contribution is 0.101. The zero-order valence-corrected chi connectivity index (χ0v) is 20.5. The number of allylic oxidation sites excluding steroid dienone is 2. The van der Waals surface area contributed by atoms with Gasteiger partial charge in [0.15, 0.2) is 5.76 Å². The van der Waals surface area contributed by atoms with Gasteiger partial charge in [0, 0.05) is 35.9 Å². The number of aliphatic hydroxyl groups excluding tert-OH is 1. The van der Waals surface area contributed by atoms with Gasteiger partial charge in [0.05, 0.1) is 40.7 Å². The third-order valence-electron chi connectivity index (χ3n) is 6.63. The Balaban J connectivity index is 1.75. The Labute approximate surface area is 210 Å².